The highest BCUT2D eigenvalue weighted by Gasteiger charge is 2.11. The Labute approximate surface area is 89.2 Å². The molecule has 0 radical (unpaired) electrons. The van der Waals surface area contributed by atoms with E-state index in [1.54, 1.807) is 19.1 Å². The second-order valence-corrected chi connectivity index (χ2v) is 3.36. The van der Waals surface area contributed by atoms with Crippen molar-refractivity contribution in [1.82, 2.24) is 4.98 Å². The quantitative estimate of drug-likeness (QED) is 0.609. The Hall–Kier alpha value is -0.610. The molecule has 1 rings (SSSR count). The monoisotopic (exact) mass is 263 g/mol. The predicted octanol–water partition coefficient (Wildman–Crippen LogP) is 2.67. The maximum atomic E-state index is 11.2. The van der Waals surface area contributed by atoms with E-state index in [2.05, 4.69) is 20.9 Å². The third-order valence-electron chi connectivity index (χ3n) is 1.31. The minimum absolute atomic E-state index is 0.146. The molecule has 0 bridgehead atoms. The standard InChI is InChI=1S/C8H7BrClNO2/c1-2-13-8(12)5-3-4-6(9)11-7(5)10/h3-4H,2H2,1H3. The Kier molecular flexibility index (Phi) is 3.69. The van der Waals surface area contributed by atoms with Crippen molar-refractivity contribution in [2.45, 2.75) is 6.92 Å². The lowest BCUT2D eigenvalue weighted by Crippen LogP contribution is -2.06. The van der Waals surface area contributed by atoms with E-state index in [0.29, 0.717) is 11.2 Å². The van der Waals surface area contributed by atoms with Crippen LogP contribution in [0.15, 0.2) is 16.7 Å². The van der Waals surface area contributed by atoms with E-state index in [0.717, 1.165) is 0 Å². The normalized spacial score (nSPS) is 9.77. The van der Waals surface area contributed by atoms with Gasteiger partial charge in [0.2, 0.25) is 0 Å². The van der Waals surface area contributed by atoms with Crippen molar-refractivity contribution in [1.29, 1.82) is 0 Å². The first-order valence-corrected chi connectivity index (χ1v) is 4.81. The topological polar surface area (TPSA) is 39.2 Å². The second-order valence-electron chi connectivity index (χ2n) is 2.19. The van der Waals surface area contributed by atoms with Gasteiger partial charge in [-0.1, -0.05) is 11.6 Å². The molecule has 13 heavy (non-hydrogen) atoms. The fourth-order valence-electron chi connectivity index (χ4n) is 0.773. The zero-order chi connectivity index (χ0) is 9.84. The molecule has 0 N–H and O–H groups in total. The van der Waals surface area contributed by atoms with Gasteiger partial charge in [-0.25, -0.2) is 9.78 Å². The van der Waals surface area contributed by atoms with Gasteiger partial charge in [0.1, 0.15) is 9.76 Å². The summed E-state index contributed by atoms with van der Waals surface area (Å²) in [6, 6.07) is 3.20. The van der Waals surface area contributed by atoms with Crippen LogP contribution < -0.4 is 0 Å². The molecule has 0 spiro atoms. The fraction of sp³-hybridized carbons (Fsp3) is 0.250. The van der Waals surface area contributed by atoms with Crippen molar-refractivity contribution in [3.05, 3.63) is 27.5 Å². The molecule has 3 nitrogen and oxygen atoms in total. The second kappa shape index (κ2) is 4.58. The number of hydrogen-bond donors (Lipinski definition) is 0. The van der Waals surface area contributed by atoms with Gasteiger partial charge in [0.25, 0.3) is 0 Å². The van der Waals surface area contributed by atoms with E-state index in [9.17, 15) is 4.79 Å². The molecule has 1 aromatic rings. The largest absolute Gasteiger partial charge is 0.462 e. The van der Waals surface area contributed by atoms with Crippen molar-refractivity contribution in [3.8, 4) is 0 Å². The summed E-state index contributed by atoms with van der Waals surface area (Å²) in [5.74, 6) is -0.451. The van der Waals surface area contributed by atoms with Crippen LogP contribution in [0, 0.1) is 0 Å². The molecule has 1 aromatic heterocycles. The lowest BCUT2D eigenvalue weighted by molar-refractivity contribution is 0.0526. The number of nitrogens with zero attached hydrogens (tertiary/aromatic N) is 1. The molecule has 1 heterocycles. The van der Waals surface area contributed by atoms with Crippen LogP contribution in [0.1, 0.15) is 17.3 Å². The van der Waals surface area contributed by atoms with Gasteiger partial charge in [-0.2, -0.15) is 0 Å². The average molecular weight is 265 g/mol. The lowest BCUT2D eigenvalue weighted by Gasteiger charge is -2.02. The van der Waals surface area contributed by atoms with E-state index >= 15 is 0 Å². The number of carbonyl (C=O) groups excluding carboxylic acids is 1. The summed E-state index contributed by atoms with van der Waals surface area (Å²) in [6.45, 7) is 2.06. The SMILES string of the molecule is CCOC(=O)c1ccc(Br)nc1Cl. The van der Waals surface area contributed by atoms with Crippen LogP contribution >= 0.6 is 27.5 Å². The summed E-state index contributed by atoms with van der Waals surface area (Å²) >= 11 is 8.85. The van der Waals surface area contributed by atoms with Crippen LogP contribution in [0.5, 0.6) is 0 Å². The fourth-order valence-corrected chi connectivity index (χ4v) is 1.42. The zero-order valence-electron chi connectivity index (χ0n) is 6.88. The Morgan fingerprint density at radius 3 is 2.92 bits per heavy atom. The highest BCUT2D eigenvalue weighted by molar-refractivity contribution is 9.10. The van der Waals surface area contributed by atoms with E-state index in [4.69, 9.17) is 16.3 Å². The molecule has 0 aromatic carbocycles. The minimum atomic E-state index is -0.451. The Morgan fingerprint density at radius 2 is 2.38 bits per heavy atom. The highest BCUT2D eigenvalue weighted by Crippen LogP contribution is 2.17. The Bertz CT molecular complexity index is 330. The third-order valence-corrected chi connectivity index (χ3v) is 2.04. The number of halogens is 2. The molecule has 70 valence electrons. The van der Waals surface area contributed by atoms with Crippen molar-refractivity contribution in [2.24, 2.45) is 0 Å². The predicted molar refractivity (Wildman–Crippen MR) is 52.9 cm³/mol. The third kappa shape index (κ3) is 2.67. The number of carbonyl (C=O) groups is 1. The van der Waals surface area contributed by atoms with E-state index in [1.165, 1.54) is 0 Å². The van der Waals surface area contributed by atoms with Crippen LogP contribution in [-0.2, 0) is 4.74 Å². The van der Waals surface area contributed by atoms with Crippen LogP contribution in [0.4, 0.5) is 0 Å². The first kappa shape index (κ1) is 10.5. The van der Waals surface area contributed by atoms with Gasteiger partial charge < -0.3 is 4.74 Å². The van der Waals surface area contributed by atoms with Gasteiger partial charge in [-0.05, 0) is 35.0 Å². The van der Waals surface area contributed by atoms with E-state index < -0.39 is 5.97 Å². The first-order chi connectivity index (χ1) is 6.15. The summed E-state index contributed by atoms with van der Waals surface area (Å²) in [5.41, 5.74) is 0.284. The van der Waals surface area contributed by atoms with Gasteiger partial charge in [-0.3, -0.25) is 0 Å². The number of aromatic nitrogens is 1. The molecule has 0 saturated carbocycles. The first-order valence-electron chi connectivity index (χ1n) is 3.64. The number of pyridine rings is 1. The number of esters is 1. The summed E-state index contributed by atoms with van der Waals surface area (Å²) in [4.78, 5) is 15.1. The number of ether oxygens (including phenoxy) is 1. The highest BCUT2D eigenvalue weighted by atomic mass is 79.9. The maximum Gasteiger partial charge on any atom is 0.341 e. The number of rotatable bonds is 2. The molecule has 0 amide bonds. The molecule has 0 aliphatic rings. The van der Waals surface area contributed by atoms with Gasteiger partial charge in [-0.15, -0.1) is 0 Å². The molecule has 5 heteroatoms. The van der Waals surface area contributed by atoms with Crippen LogP contribution in [-0.4, -0.2) is 17.6 Å². The van der Waals surface area contributed by atoms with E-state index in [1.807, 2.05) is 0 Å². The van der Waals surface area contributed by atoms with Crippen LogP contribution in [0.2, 0.25) is 5.15 Å². The maximum absolute atomic E-state index is 11.2. The van der Waals surface area contributed by atoms with Crippen LogP contribution in [0.3, 0.4) is 0 Å². The molecule has 0 unspecified atom stereocenters. The van der Waals surface area contributed by atoms with Crippen LogP contribution in [0.25, 0.3) is 0 Å². The van der Waals surface area contributed by atoms with Crippen molar-refractivity contribution < 1.29 is 9.53 Å². The molecular formula is C8H7BrClNO2. The summed E-state index contributed by atoms with van der Waals surface area (Å²) in [6.07, 6.45) is 0. The Balaban J connectivity index is 2.95. The van der Waals surface area contributed by atoms with Crippen molar-refractivity contribution in [3.63, 3.8) is 0 Å². The lowest BCUT2D eigenvalue weighted by atomic mass is 10.3. The summed E-state index contributed by atoms with van der Waals surface area (Å²) in [7, 11) is 0. The number of hydrogen-bond acceptors (Lipinski definition) is 3. The summed E-state index contributed by atoms with van der Waals surface area (Å²) in [5, 5.41) is 0.146. The van der Waals surface area contributed by atoms with Gasteiger partial charge in [0.05, 0.1) is 12.2 Å². The smallest absolute Gasteiger partial charge is 0.341 e. The average Bonchev–Trinajstić information content (AvgIpc) is 2.04. The van der Waals surface area contributed by atoms with Gasteiger partial charge in [0.15, 0.2) is 0 Å². The van der Waals surface area contributed by atoms with Crippen molar-refractivity contribution >= 4 is 33.5 Å². The molecule has 0 saturated heterocycles. The molecule has 0 aliphatic carbocycles. The van der Waals surface area contributed by atoms with E-state index in [-0.39, 0.29) is 10.7 Å². The molecular weight excluding hydrogens is 257 g/mol. The Morgan fingerprint density at radius 1 is 1.69 bits per heavy atom. The molecule has 0 aliphatic heterocycles. The molecule has 0 atom stereocenters. The van der Waals surface area contributed by atoms with Gasteiger partial charge in [0, 0.05) is 0 Å². The van der Waals surface area contributed by atoms with Gasteiger partial charge >= 0.3 is 5.97 Å². The van der Waals surface area contributed by atoms with Crippen molar-refractivity contribution in [2.75, 3.05) is 6.61 Å². The zero-order valence-corrected chi connectivity index (χ0v) is 9.22. The summed E-state index contributed by atoms with van der Waals surface area (Å²) < 4.78 is 5.36. The minimum Gasteiger partial charge on any atom is -0.462 e. The molecule has 0 fully saturated rings.